The summed E-state index contributed by atoms with van der Waals surface area (Å²) in [6, 6.07) is 20.5. The largest absolute Gasteiger partial charge is 0.311 e. The minimum absolute atomic E-state index is 0.0121. The highest BCUT2D eigenvalue weighted by atomic mass is 32.2. The number of para-hydroxylation sites is 1. The van der Waals surface area contributed by atoms with Crippen LogP contribution in [0.1, 0.15) is 15.9 Å². The van der Waals surface area contributed by atoms with E-state index in [4.69, 9.17) is 0 Å². The molecule has 0 aromatic heterocycles. The summed E-state index contributed by atoms with van der Waals surface area (Å²) in [6.07, 6.45) is 0. The van der Waals surface area contributed by atoms with E-state index in [1.54, 1.807) is 25.2 Å². The van der Waals surface area contributed by atoms with Crippen molar-refractivity contribution >= 4 is 21.6 Å². The van der Waals surface area contributed by atoms with Crippen LogP contribution in [-0.4, -0.2) is 21.4 Å². The number of halogens is 1. The van der Waals surface area contributed by atoms with Gasteiger partial charge in [-0.25, -0.2) is 17.5 Å². The van der Waals surface area contributed by atoms with Crippen LogP contribution in [0.3, 0.4) is 0 Å². The Morgan fingerprint density at radius 1 is 0.964 bits per heavy atom. The third-order valence-electron chi connectivity index (χ3n) is 4.22. The van der Waals surface area contributed by atoms with Crippen molar-refractivity contribution in [2.45, 2.75) is 11.4 Å². The third kappa shape index (κ3) is 4.62. The van der Waals surface area contributed by atoms with Gasteiger partial charge in [-0.05, 0) is 48.0 Å². The van der Waals surface area contributed by atoms with Gasteiger partial charge in [-0.2, -0.15) is 0 Å². The summed E-state index contributed by atoms with van der Waals surface area (Å²) >= 11 is 0. The van der Waals surface area contributed by atoms with E-state index < -0.39 is 10.0 Å². The van der Waals surface area contributed by atoms with Crippen LogP contribution in [-0.2, 0) is 16.6 Å². The van der Waals surface area contributed by atoms with Gasteiger partial charge >= 0.3 is 0 Å². The van der Waals surface area contributed by atoms with Gasteiger partial charge in [-0.3, -0.25) is 4.79 Å². The number of rotatable bonds is 6. The second kappa shape index (κ2) is 8.33. The molecule has 28 heavy (non-hydrogen) atoms. The molecular formula is C21H19FN2O3S. The molecule has 1 N–H and O–H groups in total. The van der Waals surface area contributed by atoms with E-state index in [0.29, 0.717) is 11.3 Å². The number of nitrogens with zero attached hydrogens (tertiary/aromatic N) is 1. The van der Waals surface area contributed by atoms with Gasteiger partial charge in [0.15, 0.2) is 0 Å². The van der Waals surface area contributed by atoms with Crippen LogP contribution in [0.5, 0.6) is 0 Å². The molecule has 1 amide bonds. The smallest absolute Gasteiger partial charge is 0.258 e. The maximum Gasteiger partial charge on any atom is 0.258 e. The number of hydrogen-bond acceptors (Lipinski definition) is 3. The van der Waals surface area contributed by atoms with Crippen molar-refractivity contribution in [1.29, 1.82) is 0 Å². The Morgan fingerprint density at radius 2 is 1.64 bits per heavy atom. The Kier molecular flexibility index (Phi) is 5.87. The molecule has 0 fully saturated rings. The Bertz CT molecular complexity index is 1070. The summed E-state index contributed by atoms with van der Waals surface area (Å²) < 4.78 is 40.6. The molecule has 7 heteroatoms. The van der Waals surface area contributed by atoms with Crippen LogP contribution >= 0.6 is 0 Å². The van der Waals surface area contributed by atoms with E-state index in [1.807, 2.05) is 18.2 Å². The van der Waals surface area contributed by atoms with Crippen molar-refractivity contribution in [2.24, 2.45) is 0 Å². The van der Waals surface area contributed by atoms with Gasteiger partial charge in [0.1, 0.15) is 5.82 Å². The van der Waals surface area contributed by atoms with E-state index in [0.717, 1.165) is 0 Å². The van der Waals surface area contributed by atoms with E-state index in [-0.39, 0.29) is 28.7 Å². The highest BCUT2D eigenvalue weighted by Gasteiger charge is 2.18. The lowest BCUT2D eigenvalue weighted by molar-refractivity contribution is 0.0993. The van der Waals surface area contributed by atoms with Crippen LogP contribution in [0.25, 0.3) is 0 Å². The number of carbonyl (C=O) groups is 1. The molecule has 0 bridgehead atoms. The predicted octanol–water partition coefficient (Wildman–Crippen LogP) is 3.58. The van der Waals surface area contributed by atoms with Gasteiger partial charge in [0, 0.05) is 24.8 Å². The van der Waals surface area contributed by atoms with Gasteiger partial charge in [-0.1, -0.05) is 36.4 Å². The molecular weight excluding hydrogens is 379 g/mol. The van der Waals surface area contributed by atoms with Gasteiger partial charge < -0.3 is 4.90 Å². The van der Waals surface area contributed by atoms with Crippen molar-refractivity contribution in [3.63, 3.8) is 0 Å². The topological polar surface area (TPSA) is 66.5 Å². The molecule has 0 aliphatic rings. The number of sulfonamides is 1. The molecule has 5 nitrogen and oxygen atoms in total. The summed E-state index contributed by atoms with van der Waals surface area (Å²) in [4.78, 5) is 14.2. The van der Waals surface area contributed by atoms with Crippen molar-refractivity contribution in [1.82, 2.24) is 4.72 Å². The zero-order valence-electron chi connectivity index (χ0n) is 15.2. The molecule has 3 aromatic rings. The van der Waals surface area contributed by atoms with E-state index in [2.05, 4.69) is 4.72 Å². The minimum Gasteiger partial charge on any atom is -0.311 e. The van der Waals surface area contributed by atoms with Gasteiger partial charge in [0.05, 0.1) is 4.90 Å². The maximum atomic E-state index is 13.0. The van der Waals surface area contributed by atoms with Crippen LogP contribution in [0, 0.1) is 5.82 Å². The zero-order valence-corrected chi connectivity index (χ0v) is 16.0. The number of amides is 1. The second-order valence-corrected chi connectivity index (χ2v) is 7.95. The SMILES string of the molecule is CN(C(=O)c1cccc(S(=O)(=O)NCc2ccc(F)cc2)c1)c1ccccc1. The van der Waals surface area contributed by atoms with Gasteiger partial charge in [-0.15, -0.1) is 0 Å². The minimum atomic E-state index is -3.83. The van der Waals surface area contributed by atoms with Gasteiger partial charge in [0.2, 0.25) is 10.0 Å². The Hall–Kier alpha value is -3.03. The van der Waals surface area contributed by atoms with Crippen LogP contribution in [0.2, 0.25) is 0 Å². The van der Waals surface area contributed by atoms with Crippen LogP contribution < -0.4 is 9.62 Å². The average molecular weight is 398 g/mol. The van der Waals surface area contributed by atoms with Crippen LogP contribution in [0.15, 0.2) is 83.8 Å². The molecule has 3 rings (SSSR count). The van der Waals surface area contributed by atoms with Crippen molar-refractivity contribution in [3.8, 4) is 0 Å². The molecule has 0 aliphatic heterocycles. The van der Waals surface area contributed by atoms with Crippen molar-refractivity contribution in [2.75, 3.05) is 11.9 Å². The molecule has 0 spiro atoms. The molecule has 0 heterocycles. The zero-order chi connectivity index (χ0) is 20.1. The molecule has 0 radical (unpaired) electrons. The number of anilines is 1. The number of carbonyl (C=O) groups excluding carboxylic acids is 1. The molecule has 0 saturated heterocycles. The average Bonchev–Trinajstić information content (AvgIpc) is 2.73. The molecule has 0 atom stereocenters. The molecule has 0 unspecified atom stereocenters. The number of nitrogens with one attached hydrogen (secondary N) is 1. The van der Waals surface area contributed by atoms with Crippen molar-refractivity contribution in [3.05, 3.63) is 95.8 Å². The highest BCUT2D eigenvalue weighted by Crippen LogP contribution is 2.18. The number of benzene rings is 3. The summed E-state index contributed by atoms with van der Waals surface area (Å²) in [6.45, 7) is 0.0186. The standard InChI is InChI=1S/C21H19FN2O3S/c1-24(19-7-3-2-4-8-19)21(25)17-6-5-9-20(14-17)28(26,27)23-15-16-10-12-18(22)13-11-16/h2-14,23H,15H2,1H3. The Labute approximate surface area is 163 Å². The fraction of sp³-hybridized carbons (Fsp3) is 0.0952. The maximum absolute atomic E-state index is 13.0. The quantitative estimate of drug-likeness (QED) is 0.690. The monoisotopic (exact) mass is 398 g/mol. The summed E-state index contributed by atoms with van der Waals surface area (Å²) in [7, 11) is -2.20. The lowest BCUT2D eigenvalue weighted by Gasteiger charge is -2.17. The first-order chi connectivity index (χ1) is 13.4. The van der Waals surface area contributed by atoms with Crippen molar-refractivity contribution < 1.29 is 17.6 Å². The van der Waals surface area contributed by atoms with E-state index in [9.17, 15) is 17.6 Å². The summed E-state index contributed by atoms with van der Waals surface area (Å²) in [5, 5.41) is 0. The summed E-state index contributed by atoms with van der Waals surface area (Å²) in [5.41, 5.74) is 1.59. The fourth-order valence-corrected chi connectivity index (χ4v) is 3.69. The Balaban J connectivity index is 1.77. The van der Waals surface area contributed by atoms with E-state index >= 15 is 0 Å². The molecule has 3 aromatic carbocycles. The second-order valence-electron chi connectivity index (χ2n) is 6.18. The van der Waals surface area contributed by atoms with Crippen LogP contribution in [0.4, 0.5) is 10.1 Å². The Morgan fingerprint density at radius 3 is 2.32 bits per heavy atom. The highest BCUT2D eigenvalue weighted by molar-refractivity contribution is 7.89. The predicted molar refractivity (Wildman–Crippen MR) is 106 cm³/mol. The van der Waals surface area contributed by atoms with E-state index in [1.165, 1.54) is 47.4 Å². The number of hydrogen-bond donors (Lipinski definition) is 1. The molecule has 0 saturated carbocycles. The lowest BCUT2D eigenvalue weighted by atomic mass is 10.2. The third-order valence-corrected chi connectivity index (χ3v) is 5.62. The lowest BCUT2D eigenvalue weighted by Crippen LogP contribution is -2.27. The first-order valence-corrected chi connectivity index (χ1v) is 10.0. The summed E-state index contributed by atoms with van der Waals surface area (Å²) in [5.74, 6) is -0.706. The first-order valence-electron chi connectivity index (χ1n) is 8.54. The fourth-order valence-electron chi connectivity index (χ4n) is 2.62. The first kappa shape index (κ1) is 19.7. The normalized spacial score (nSPS) is 11.2. The van der Waals surface area contributed by atoms with Gasteiger partial charge in [0.25, 0.3) is 5.91 Å². The molecule has 144 valence electrons. The molecule has 0 aliphatic carbocycles.